The van der Waals surface area contributed by atoms with Gasteiger partial charge in [-0.3, -0.25) is 4.39 Å². The molecule has 1 saturated carbocycles. The molecule has 0 aliphatic heterocycles. The highest BCUT2D eigenvalue weighted by molar-refractivity contribution is 6.11. The Morgan fingerprint density at radius 1 is 1.35 bits per heavy atom. The summed E-state index contributed by atoms with van der Waals surface area (Å²) in [5.74, 6) is 0. The number of carbonyl (C=O) groups is 1. The number of aryl methyl sites for hydroxylation is 1. The van der Waals surface area contributed by atoms with E-state index in [4.69, 9.17) is 12.6 Å². The fraction of sp³-hybridized carbons (Fsp3) is 0.474. The molecule has 1 N–H and O–H groups in total. The van der Waals surface area contributed by atoms with Crippen LogP contribution >= 0.6 is 0 Å². The van der Waals surface area contributed by atoms with Crippen molar-refractivity contribution in [2.24, 2.45) is 0 Å². The molecule has 1 amide bonds. The first-order valence-electron chi connectivity index (χ1n) is 8.68. The molecule has 1 aromatic carbocycles. The fourth-order valence-corrected chi connectivity index (χ4v) is 2.92. The molecule has 3 rings (SSSR count). The van der Waals surface area contributed by atoms with Crippen LogP contribution < -0.4 is 5.32 Å². The van der Waals surface area contributed by atoms with E-state index in [1.165, 1.54) is 0 Å². The van der Waals surface area contributed by atoms with Gasteiger partial charge in [0, 0.05) is 6.20 Å². The first-order valence-corrected chi connectivity index (χ1v) is 8.68. The van der Waals surface area contributed by atoms with Gasteiger partial charge in [-0.05, 0) is 63.8 Å². The van der Waals surface area contributed by atoms with E-state index in [1.54, 1.807) is 17.8 Å². The maximum Gasteiger partial charge on any atom is 0.408 e. The topological polar surface area (TPSA) is 56.2 Å². The monoisotopic (exact) mass is 355 g/mol. The van der Waals surface area contributed by atoms with Gasteiger partial charge in [0.2, 0.25) is 0 Å². The van der Waals surface area contributed by atoms with Crippen LogP contribution in [0.5, 0.6) is 0 Å². The lowest BCUT2D eigenvalue weighted by Gasteiger charge is -2.23. The number of rotatable bonds is 4. The lowest BCUT2D eigenvalue weighted by molar-refractivity contribution is 0.0495. The SMILES string of the molecule is [B]C(F)c1nn(-c2ccc(C3(NC(=O)OC(C)(C)C)CC3)cc2)cc1C. The molecule has 0 saturated heterocycles. The minimum Gasteiger partial charge on any atom is -0.444 e. The van der Waals surface area contributed by atoms with Gasteiger partial charge in [-0.2, -0.15) is 5.10 Å². The highest BCUT2D eigenvalue weighted by Crippen LogP contribution is 2.45. The number of amides is 1. The van der Waals surface area contributed by atoms with E-state index in [9.17, 15) is 9.18 Å². The summed E-state index contributed by atoms with van der Waals surface area (Å²) >= 11 is 0. The second-order valence-electron chi connectivity index (χ2n) is 7.80. The van der Waals surface area contributed by atoms with Crippen LogP contribution in [0.25, 0.3) is 5.69 Å². The van der Waals surface area contributed by atoms with Crippen molar-refractivity contribution in [2.75, 3.05) is 0 Å². The number of nitrogens with one attached hydrogen (secondary N) is 1. The Bertz CT molecular complexity index is 805. The van der Waals surface area contributed by atoms with Crippen LogP contribution in [0.15, 0.2) is 30.5 Å². The zero-order valence-electron chi connectivity index (χ0n) is 15.5. The Kier molecular flexibility index (Phi) is 4.59. The van der Waals surface area contributed by atoms with E-state index in [2.05, 4.69) is 10.4 Å². The van der Waals surface area contributed by atoms with Crippen molar-refractivity contribution in [1.29, 1.82) is 0 Å². The van der Waals surface area contributed by atoms with Gasteiger partial charge in [-0.15, -0.1) is 0 Å². The van der Waals surface area contributed by atoms with Crippen molar-refractivity contribution in [3.05, 3.63) is 47.3 Å². The quantitative estimate of drug-likeness (QED) is 0.848. The van der Waals surface area contributed by atoms with E-state index in [0.717, 1.165) is 24.1 Å². The van der Waals surface area contributed by atoms with Gasteiger partial charge in [0.05, 0.1) is 16.9 Å². The lowest BCUT2D eigenvalue weighted by atomic mass is 9.97. The normalized spacial score (nSPS) is 16.8. The van der Waals surface area contributed by atoms with E-state index in [0.29, 0.717) is 5.56 Å². The van der Waals surface area contributed by atoms with Crippen LogP contribution in [0, 0.1) is 6.92 Å². The number of alkyl carbamates (subject to hydrolysis) is 1. The van der Waals surface area contributed by atoms with Crippen molar-refractivity contribution in [1.82, 2.24) is 15.1 Å². The van der Waals surface area contributed by atoms with Crippen molar-refractivity contribution in [2.45, 2.75) is 57.7 Å². The Morgan fingerprint density at radius 2 is 1.96 bits per heavy atom. The third-order valence-corrected chi connectivity index (χ3v) is 4.37. The molecular formula is C19H23BFN3O2. The fourth-order valence-electron chi connectivity index (χ4n) is 2.92. The summed E-state index contributed by atoms with van der Waals surface area (Å²) in [6.45, 7) is 7.29. The highest BCUT2D eigenvalue weighted by atomic mass is 19.1. The molecule has 1 aliphatic carbocycles. The number of halogens is 1. The largest absolute Gasteiger partial charge is 0.444 e. The molecule has 1 heterocycles. The molecular weight excluding hydrogens is 332 g/mol. The number of alkyl halides is 1. The number of nitrogens with zero attached hydrogens (tertiary/aromatic N) is 2. The summed E-state index contributed by atoms with van der Waals surface area (Å²) < 4.78 is 20.3. The minimum absolute atomic E-state index is 0.235. The average Bonchev–Trinajstić information content (AvgIpc) is 3.18. The van der Waals surface area contributed by atoms with Crippen LogP contribution in [0.2, 0.25) is 0 Å². The first kappa shape index (κ1) is 18.5. The molecule has 1 aromatic heterocycles. The van der Waals surface area contributed by atoms with Crippen molar-refractivity contribution < 1.29 is 13.9 Å². The van der Waals surface area contributed by atoms with E-state index in [-0.39, 0.29) is 11.2 Å². The van der Waals surface area contributed by atoms with Gasteiger partial charge >= 0.3 is 6.09 Å². The van der Waals surface area contributed by atoms with Crippen LogP contribution in [0.4, 0.5) is 9.18 Å². The summed E-state index contributed by atoms with van der Waals surface area (Å²) in [5, 5.41) is 7.18. The predicted molar refractivity (Wildman–Crippen MR) is 98.2 cm³/mol. The summed E-state index contributed by atoms with van der Waals surface area (Å²) in [4.78, 5) is 12.1. The second kappa shape index (κ2) is 6.45. The Morgan fingerprint density at radius 3 is 2.42 bits per heavy atom. The zero-order valence-corrected chi connectivity index (χ0v) is 15.5. The van der Waals surface area contributed by atoms with E-state index >= 15 is 0 Å². The summed E-state index contributed by atoms with van der Waals surface area (Å²) in [7, 11) is 5.29. The van der Waals surface area contributed by atoms with Crippen molar-refractivity contribution in [3.63, 3.8) is 0 Å². The smallest absolute Gasteiger partial charge is 0.408 e. The molecule has 1 fully saturated rings. The molecule has 2 radical (unpaired) electrons. The molecule has 7 heteroatoms. The van der Waals surface area contributed by atoms with Gasteiger partial charge in [0.1, 0.15) is 19.5 Å². The summed E-state index contributed by atoms with van der Waals surface area (Å²) in [6.07, 6.45) is 1.47. The number of benzene rings is 1. The van der Waals surface area contributed by atoms with Gasteiger partial charge in [-0.25, -0.2) is 9.48 Å². The molecule has 1 aliphatic rings. The van der Waals surface area contributed by atoms with Crippen LogP contribution in [0.3, 0.4) is 0 Å². The van der Waals surface area contributed by atoms with Gasteiger partial charge < -0.3 is 10.1 Å². The molecule has 1 unspecified atom stereocenters. The average molecular weight is 355 g/mol. The maximum absolute atomic E-state index is 13.3. The van der Waals surface area contributed by atoms with Gasteiger partial charge in [0.15, 0.2) is 0 Å². The second-order valence-corrected chi connectivity index (χ2v) is 7.80. The van der Waals surface area contributed by atoms with Crippen LogP contribution in [-0.4, -0.2) is 29.3 Å². The van der Waals surface area contributed by atoms with Gasteiger partial charge in [0.25, 0.3) is 0 Å². The summed E-state index contributed by atoms with van der Waals surface area (Å²) in [6, 6.07) is 7.69. The molecule has 26 heavy (non-hydrogen) atoms. The Labute approximate surface area is 154 Å². The molecule has 136 valence electrons. The van der Waals surface area contributed by atoms with Crippen LogP contribution in [0.1, 0.15) is 56.5 Å². The molecule has 2 aromatic rings. The lowest BCUT2D eigenvalue weighted by Crippen LogP contribution is -2.39. The summed E-state index contributed by atoms with van der Waals surface area (Å²) in [5.41, 5.74) is 1.86. The molecule has 0 spiro atoms. The highest BCUT2D eigenvalue weighted by Gasteiger charge is 2.46. The van der Waals surface area contributed by atoms with E-state index < -0.39 is 17.8 Å². The van der Waals surface area contributed by atoms with Crippen molar-refractivity contribution >= 4 is 13.9 Å². The van der Waals surface area contributed by atoms with Crippen LogP contribution in [-0.2, 0) is 10.3 Å². The molecule has 5 nitrogen and oxygen atoms in total. The maximum atomic E-state index is 13.3. The predicted octanol–water partition coefficient (Wildman–Crippen LogP) is 3.83. The minimum atomic E-state index is -1.59. The third-order valence-electron chi connectivity index (χ3n) is 4.37. The van der Waals surface area contributed by atoms with E-state index in [1.807, 2.05) is 45.0 Å². The molecule has 1 atom stereocenters. The molecule has 0 bridgehead atoms. The van der Waals surface area contributed by atoms with Crippen molar-refractivity contribution in [3.8, 4) is 5.69 Å². The Hall–Kier alpha value is -2.31. The zero-order chi connectivity index (χ0) is 19.1. The first-order chi connectivity index (χ1) is 12.1. The third kappa shape index (κ3) is 3.92. The number of aromatic nitrogens is 2. The number of ether oxygens (including phenoxy) is 1. The number of hydrogen-bond donors (Lipinski definition) is 1. The van der Waals surface area contributed by atoms with Gasteiger partial charge in [-0.1, -0.05) is 12.1 Å². The number of carbonyl (C=O) groups excluding carboxylic acids is 1. The number of hydrogen-bond acceptors (Lipinski definition) is 3. The Balaban J connectivity index is 1.75. The standard InChI is InChI=1S/C19H23BFN3O2/c1-12-11-24(23-15(12)16(20)21)14-7-5-13(6-8-14)19(9-10-19)22-17(25)26-18(2,3)4/h5-8,11,16H,9-10H2,1-4H3,(H,22,25).